The zero-order valence-corrected chi connectivity index (χ0v) is 14.2. The number of amides is 1. The van der Waals surface area contributed by atoms with Crippen LogP contribution in [0.1, 0.15) is 37.8 Å². The smallest absolute Gasteiger partial charge is 0.408 e. The average Bonchev–Trinajstić information content (AvgIpc) is 3.15. The number of nitrogens with one attached hydrogen (secondary N) is 1. The van der Waals surface area contributed by atoms with E-state index in [9.17, 15) is 4.79 Å². The first-order chi connectivity index (χ1) is 11.0. The van der Waals surface area contributed by atoms with Crippen LogP contribution in [0.4, 0.5) is 4.79 Å². The summed E-state index contributed by atoms with van der Waals surface area (Å²) in [5.74, 6) is 1.55. The Morgan fingerprint density at radius 3 is 2.70 bits per heavy atom. The number of carbonyl (C=O) groups is 1. The predicted molar refractivity (Wildman–Crippen MR) is 83.9 cm³/mol. The van der Waals surface area contributed by atoms with Crippen LogP contribution in [0.15, 0.2) is 33.3 Å². The monoisotopic (exact) mass is 381 g/mol. The van der Waals surface area contributed by atoms with Gasteiger partial charge in [-0.25, -0.2) is 4.79 Å². The van der Waals surface area contributed by atoms with Gasteiger partial charge in [-0.1, -0.05) is 34.9 Å². The average molecular weight is 382 g/mol. The second-order valence-corrected chi connectivity index (χ2v) is 6.42. The molecule has 2 aromatic rings. The normalized spacial score (nSPS) is 18.6. The SMILES string of the molecule is CC(C)C(Oc1ccc(Br)cc1)c1noc([C@@H]2CNC(=O)O2)n1. The van der Waals surface area contributed by atoms with E-state index in [2.05, 4.69) is 31.4 Å². The maximum Gasteiger partial charge on any atom is 0.408 e. The van der Waals surface area contributed by atoms with Crippen molar-refractivity contribution < 1.29 is 18.8 Å². The van der Waals surface area contributed by atoms with Crippen molar-refractivity contribution >= 4 is 22.0 Å². The highest BCUT2D eigenvalue weighted by Gasteiger charge is 2.32. The molecule has 7 nitrogen and oxygen atoms in total. The van der Waals surface area contributed by atoms with Crippen LogP contribution in [-0.2, 0) is 4.74 Å². The van der Waals surface area contributed by atoms with Gasteiger partial charge in [0.15, 0.2) is 12.2 Å². The highest BCUT2D eigenvalue weighted by Crippen LogP contribution is 2.29. The second kappa shape index (κ2) is 6.57. The second-order valence-electron chi connectivity index (χ2n) is 5.50. The lowest BCUT2D eigenvalue weighted by atomic mass is 10.1. The van der Waals surface area contributed by atoms with Crippen molar-refractivity contribution in [2.45, 2.75) is 26.1 Å². The number of hydrogen-bond donors (Lipinski definition) is 1. The molecule has 1 fully saturated rings. The minimum Gasteiger partial charge on any atom is -0.482 e. The molecule has 1 aromatic heterocycles. The molecule has 3 rings (SSSR count). The van der Waals surface area contributed by atoms with Crippen molar-refractivity contribution in [3.05, 3.63) is 40.5 Å². The third kappa shape index (κ3) is 3.64. The Morgan fingerprint density at radius 2 is 2.09 bits per heavy atom. The fraction of sp³-hybridized carbons (Fsp3) is 0.400. The molecule has 0 spiro atoms. The van der Waals surface area contributed by atoms with Gasteiger partial charge in [-0.05, 0) is 30.2 Å². The number of halogens is 1. The third-order valence-electron chi connectivity index (χ3n) is 3.35. The van der Waals surface area contributed by atoms with Crippen LogP contribution < -0.4 is 10.1 Å². The van der Waals surface area contributed by atoms with E-state index in [1.54, 1.807) is 0 Å². The molecule has 2 atom stereocenters. The van der Waals surface area contributed by atoms with E-state index in [1.807, 2.05) is 38.1 Å². The maximum atomic E-state index is 11.1. The van der Waals surface area contributed by atoms with Crippen molar-refractivity contribution in [1.82, 2.24) is 15.5 Å². The van der Waals surface area contributed by atoms with Crippen molar-refractivity contribution in [3.8, 4) is 5.75 Å². The van der Waals surface area contributed by atoms with Crippen molar-refractivity contribution in [2.75, 3.05) is 6.54 Å². The van der Waals surface area contributed by atoms with Crippen LogP contribution in [0.2, 0.25) is 0 Å². The Kier molecular flexibility index (Phi) is 4.51. The molecular formula is C15H16BrN3O4. The third-order valence-corrected chi connectivity index (χ3v) is 3.88. The Hall–Kier alpha value is -2.09. The first-order valence-corrected chi connectivity index (χ1v) is 8.02. The van der Waals surface area contributed by atoms with Gasteiger partial charge in [0.1, 0.15) is 5.75 Å². The van der Waals surface area contributed by atoms with Gasteiger partial charge in [-0.2, -0.15) is 4.98 Å². The van der Waals surface area contributed by atoms with Gasteiger partial charge in [-0.15, -0.1) is 0 Å². The molecule has 0 aliphatic carbocycles. The highest BCUT2D eigenvalue weighted by atomic mass is 79.9. The van der Waals surface area contributed by atoms with E-state index in [-0.39, 0.29) is 17.9 Å². The topological polar surface area (TPSA) is 86.5 Å². The summed E-state index contributed by atoms with van der Waals surface area (Å²) in [5, 5.41) is 6.53. The largest absolute Gasteiger partial charge is 0.482 e. The van der Waals surface area contributed by atoms with Gasteiger partial charge >= 0.3 is 6.09 Å². The van der Waals surface area contributed by atoms with Gasteiger partial charge in [0.05, 0.1) is 6.54 Å². The van der Waals surface area contributed by atoms with E-state index in [0.29, 0.717) is 18.1 Å². The lowest BCUT2D eigenvalue weighted by Crippen LogP contribution is -2.16. The Bertz CT molecular complexity index is 686. The summed E-state index contributed by atoms with van der Waals surface area (Å²) in [4.78, 5) is 15.4. The molecule has 1 unspecified atom stereocenters. The van der Waals surface area contributed by atoms with Crippen molar-refractivity contribution in [1.29, 1.82) is 0 Å². The summed E-state index contributed by atoms with van der Waals surface area (Å²) in [6.45, 7) is 4.34. The fourth-order valence-electron chi connectivity index (χ4n) is 2.17. The molecule has 1 aromatic carbocycles. The lowest BCUT2D eigenvalue weighted by Gasteiger charge is -2.19. The first-order valence-electron chi connectivity index (χ1n) is 7.23. The number of rotatable bonds is 5. The standard InChI is InChI=1S/C15H16BrN3O4/c1-8(2)12(21-10-5-3-9(16)4-6-10)13-18-14(23-19-13)11-7-17-15(20)22-11/h3-6,8,11-12H,7H2,1-2H3,(H,17,20)/t11-,12?/m0/s1. The molecule has 0 bridgehead atoms. The van der Waals surface area contributed by atoms with E-state index >= 15 is 0 Å². The molecule has 1 aliphatic rings. The van der Waals surface area contributed by atoms with Crippen LogP contribution >= 0.6 is 15.9 Å². The van der Waals surface area contributed by atoms with Gasteiger partial charge in [0.2, 0.25) is 5.82 Å². The zero-order valence-electron chi connectivity index (χ0n) is 12.7. The van der Waals surface area contributed by atoms with Crippen LogP contribution in [-0.4, -0.2) is 22.8 Å². The van der Waals surface area contributed by atoms with Gasteiger partial charge in [-0.3, -0.25) is 0 Å². The number of nitrogens with zero attached hydrogens (tertiary/aromatic N) is 2. The van der Waals surface area contributed by atoms with Crippen LogP contribution in [0, 0.1) is 5.92 Å². The zero-order chi connectivity index (χ0) is 16.4. The molecule has 0 radical (unpaired) electrons. The van der Waals surface area contributed by atoms with Crippen LogP contribution in [0.25, 0.3) is 0 Å². The summed E-state index contributed by atoms with van der Waals surface area (Å²) in [7, 11) is 0. The molecule has 0 saturated carbocycles. The van der Waals surface area contributed by atoms with Gasteiger partial charge < -0.3 is 19.3 Å². The highest BCUT2D eigenvalue weighted by molar-refractivity contribution is 9.10. The summed E-state index contributed by atoms with van der Waals surface area (Å²) >= 11 is 3.39. The predicted octanol–water partition coefficient (Wildman–Crippen LogP) is 3.39. The quantitative estimate of drug-likeness (QED) is 0.853. The summed E-state index contributed by atoms with van der Waals surface area (Å²) < 4.78 is 17.2. The minimum absolute atomic E-state index is 0.133. The maximum absolute atomic E-state index is 11.1. The molecule has 1 N–H and O–H groups in total. The number of hydrogen-bond acceptors (Lipinski definition) is 6. The molecule has 23 heavy (non-hydrogen) atoms. The van der Waals surface area contributed by atoms with E-state index < -0.39 is 12.2 Å². The fourth-order valence-corrected chi connectivity index (χ4v) is 2.43. The number of cyclic esters (lactones) is 1. The van der Waals surface area contributed by atoms with Crippen molar-refractivity contribution in [3.63, 3.8) is 0 Å². The molecule has 8 heteroatoms. The van der Waals surface area contributed by atoms with Crippen molar-refractivity contribution in [2.24, 2.45) is 5.92 Å². The van der Waals surface area contributed by atoms with E-state index in [0.717, 1.165) is 4.47 Å². The van der Waals surface area contributed by atoms with E-state index in [4.69, 9.17) is 14.0 Å². The van der Waals surface area contributed by atoms with Gasteiger partial charge in [0.25, 0.3) is 5.89 Å². The molecule has 1 amide bonds. The molecular weight excluding hydrogens is 366 g/mol. The molecule has 1 saturated heterocycles. The molecule has 1 aliphatic heterocycles. The number of ether oxygens (including phenoxy) is 2. The Labute approximate surface area is 141 Å². The van der Waals surface area contributed by atoms with E-state index in [1.165, 1.54) is 0 Å². The van der Waals surface area contributed by atoms with Crippen LogP contribution in [0.5, 0.6) is 5.75 Å². The Morgan fingerprint density at radius 1 is 1.35 bits per heavy atom. The molecule has 2 heterocycles. The Balaban J connectivity index is 1.77. The summed E-state index contributed by atoms with van der Waals surface area (Å²) in [6.07, 6.45) is -1.40. The van der Waals surface area contributed by atoms with Crippen LogP contribution in [0.3, 0.4) is 0 Å². The molecule has 122 valence electrons. The number of benzene rings is 1. The van der Waals surface area contributed by atoms with Gasteiger partial charge in [0, 0.05) is 4.47 Å². The minimum atomic E-state index is -0.552. The summed E-state index contributed by atoms with van der Waals surface area (Å²) in [5.41, 5.74) is 0. The lowest BCUT2D eigenvalue weighted by molar-refractivity contribution is 0.120. The number of alkyl carbamates (subject to hydrolysis) is 1. The summed E-state index contributed by atoms with van der Waals surface area (Å²) in [6, 6.07) is 7.53. The number of aromatic nitrogens is 2. The number of carbonyl (C=O) groups excluding carboxylic acids is 1. The first kappa shape index (κ1) is 15.8.